The minimum Gasteiger partial charge on any atom is -0.343 e. The van der Waals surface area contributed by atoms with Crippen LogP contribution in [0.4, 0.5) is 0 Å². The third kappa shape index (κ3) is 4.41. The van der Waals surface area contributed by atoms with E-state index < -0.39 is 0 Å². The smallest absolute Gasteiger partial charge is 0.273 e. The molecule has 1 fully saturated rings. The first-order chi connectivity index (χ1) is 14.6. The van der Waals surface area contributed by atoms with Crippen molar-refractivity contribution in [3.05, 3.63) is 82.1 Å². The fourth-order valence-electron chi connectivity index (χ4n) is 3.99. The number of hydrogen-bond acceptors (Lipinski definition) is 5. The molecule has 0 saturated carbocycles. The van der Waals surface area contributed by atoms with Gasteiger partial charge >= 0.3 is 0 Å². The van der Waals surface area contributed by atoms with Gasteiger partial charge in [0.2, 0.25) is 0 Å². The van der Waals surface area contributed by atoms with Gasteiger partial charge in [-0.1, -0.05) is 24.3 Å². The molecular weight excluding hydrogens is 396 g/mol. The van der Waals surface area contributed by atoms with E-state index >= 15 is 0 Å². The molecule has 1 N–H and O–H groups in total. The van der Waals surface area contributed by atoms with E-state index in [9.17, 15) is 9.59 Å². The summed E-state index contributed by atoms with van der Waals surface area (Å²) in [5.41, 5.74) is 4.56. The second kappa shape index (κ2) is 9.17. The number of carbonyl (C=O) groups is 2. The predicted octanol–water partition coefficient (Wildman–Crippen LogP) is 3.87. The Bertz CT molecular complexity index is 1010. The van der Waals surface area contributed by atoms with Crippen LogP contribution >= 0.6 is 11.3 Å². The van der Waals surface area contributed by atoms with Crippen LogP contribution < -0.4 is 5.32 Å². The lowest BCUT2D eigenvalue weighted by atomic mass is 9.88. The SMILES string of the molecule is Cc1ccccc1C(=O)N[C@H](c1ccccn1)[C@H]1CCCN(C(=O)c2cscn2)C1. The number of rotatable bonds is 5. The summed E-state index contributed by atoms with van der Waals surface area (Å²) in [7, 11) is 0. The molecule has 0 radical (unpaired) electrons. The van der Waals surface area contributed by atoms with Crippen LogP contribution in [0.1, 0.15) is 51.0 Å². The molecule has 0 bridgehead atoms. The molecule has 0 spiro atoms. The highest BCUT2D eigenvalue weighted by Gasteiger charge is 2.33. The van der Waals surface area contributed by atoms with Crippen molar-refractivity contribution in [2.75, 3.05) is 13.1 Å². The molecule has 1 aliphatic heterocycles. The molecule has 154 valence electrons. The minimum absolute atomic E-state index is 0.0500. The van der Waals surface area contributed by atoms with E-state index in [-0.39, 0.29) is 23.8 Å². The van der Waals surface area contributed by atoms with Crippen LogP contribution in [0.15, 0.2) is 59.6 Å². The summed E-state index contributed by atoms with van der Waals surface area (Å²) in [6.07, 6.45) is 3.53. The maximum absolute atomic E-state index is 13.1. The molecule has 1 aromatic carbocycles. The summed E-state index contributed by atoms with van der Waals surface area (Å²) in [5, 5.41) is 4.98. The number of hydrogen-bond donors (Lipinski definition) is 1. The van der Waals surface area contributed by atoms with Crippen molar-refractivity contribution in [3.63, 3.8) is 0 Å². The van der Waals surface area contributed by atoms with E-state index in [2.05, 4.69) is 15.3 Å². The van der Waals surface area contributed by atoms with E-state index in [4.69, 9.17) is 0 Å². The van der Waals surface area contributed by atoms with E-state index in [1.807, 2.05) is 54.3 Å². The molecule has 1 aliphatic rings. The largest absolute Gasteiger partial charge is 0.343 e. The Morgan fingerprint density at radius 1 is 1.17 bits per heavy atom. The van der Waals surface area contributed by atoms with Gasteiger partial charge < -0.3 is 10.2 Å². The van der Waals surface area contributed by atoms with Crippen molar-refractivity contribution < 1.29 is 9.59 Å². The second-order valence-electron chi connectivity index (χ2n) is 7.55. The first kappa shape index (κ1) is 20.2. The van der Waals surface area contributed by atoms with Crippen LogP contribution in [-0.4, -0.2) is 39.8 Å². The first-order valence-electron chi connectivity index (χ1n) is 10.1. The molecule has 0 unspecified atom stereocenters. The highest BCUT2D eigenvalue weighted by Crippen LogP contribution is 2.30. The van der Waals surface area contributed by atoms with Crippen molar-refractivity contribution in [2.45, 2.75) is 25.8 Å². The number of aromatic nitrogens is 2. The van der Waals surface area contributed by atoms with Crippen molar-refractivity contribution in [2.24, 2.45) is 5.92 Å². The van der Waals surface area contributed by atoms with Crippen molar-refractivity contribution in [1.82, 2.24) is 20.2 Å². The van der Waals surface area contributed by atoms with E-state index in [1.165, 1.54) is 11.3 Å². The molecule has 3 aromatic rings. The van der Waals surface area contributed by atoms with Gasteiger partial charge in [-0.3, -0.25) is 14.6 Å². The Kier molecular flexibility index (Phi) is 6.18. The average Bonchev–Trinajstić information content (AvgIpc) is 3.33. The Balaban J connectivity index is 1.57. The van der Waals surface area contributed by atoms with Gasteiger partial charge in [0.15, 0.2) is 0 Å². The van der Waals surface area contributed by atoms with Crippen LogP contribution in [0, 0.1) is 12.8 Å². The number of likely N-dealkylation sites (tertiary alicyclic amines) is 1. The molecule has 3 heterocycles. The molecule has 2 amide bonds. The molecule has 2 aromatic heterocycles. The molecule has 6 nitrogen and oxygen atoms in total. The monoisotopic (exact) mass is 420 g/mol. The van der Waals surface area contributed by atoms with Gasteiger partial charge in [0, 0.05) is 36.1 Å². The number of nitrogens with one attached hydrogen (secondary N) is 1. The third-order valence-electron chi connectivity index (χ3n) is 5.55. The topological polar surface area (TPSA) is 75.2 Å². The number of thiazole rings is 1. The van der Waals surface area contributed by atoms with Gasteiger partial charge in [0.05, 0.1) is 17.2 Å². The lowest BCUT2D eigenvalue weighted by molar-refractivity contribution is 0.0631. The van der Waals surface area contributed by atoms with Crippen molar-refractivity contribution >= 4 is 23.2 Å². The number of amides is 2. The maximum Gasteiger partial charge on any atom is 0.273 e. The number of nitrogens with zero attached hydrogens (tertiary/aromatic N) is 3. The molecule has 30 heavy (non-hydrogen) atoms. The van der Waals surface area contributed by atoms with Crippen LogP contribution in [0.3, 0.4) is 0 Å². The van der Waals surface area contributed by atoms with Gasteiger partial charge in [-0.25, -0.2) is 4.98 Å². The number of benzene rings is 1. The zero-order chi connectivity index (χ0) is 20.9. The number of pyridine rings is 1. The van der Waals surface area contributed by atoms with Crippen LogP contribution in [0.2, 0.25) is 0 Å². The lowest BCUT2D eigenvalue weighted by Crippen LogP contribution is -2.45. The number of aryl methyl sites for hydroxylation is 1. The molecular formula is C23H24N4O2S. The normalized spacial score (nSPS) is 17.4. The number of carbonyl (C=O) groups excluding carboxylic acids is 2. The Labute approximate surface area is 180 Å². The average molecular weight is 421 g/mol. The summed E-state index contributed by atoms with van der Waals surface area (Å²) < 4.78 is 0. The minimum atomic E-state index is -0.274. The van der Waals surface area contributed by atoms with Crippen LogP contribution in [0.5, 0.6) is 0 Å². The van der Waals surface area contributed by atoms with Crippen LogP contribution in [-0.2, 0) is 0 Å². The summed E-state index contributed by atoms with van der Waals surface area (Å²) >= 11 is 1.42. The zero-order valence-corrected chi connectivity index (χ0v) is 17.6. The summed E-state index contributed by atoms with van der Waals surface area (Å²) in [6.45, 7) is 3.19. The standard InChI is InChI=1S/C23H24N4O2S/c1-16-7-2-3-9-18(16)22(28)26-21(19-10-4-5-11-24-19)17-8-6-12-27(13-17)23(29)20-14-30-15-25-20/h2-5,7,9-11,14-15,17,21H,6,8,12-13H2,1H3,(H,26,28)/t17-,21-/m0/s1. The quantitative estimate of drug-likeness (QED) is 0.680. The fourth-order valence-corrected chi connectivity index (χ4v) is 4.51. The van der Waals surface area contributed by atoms with E-state index in [0.29, 0.717) is 24.3 Å². The van der Waals surface area contributed by atoms with Gasteiger partial charge in [-0.15, -0.1) is 11.3 Å². The van der Waals surface area contributed by atoms with Crippen molar-refractivity contribution in [3.8, 4) is 0 Å². The van der Waals surface area contributed by atoms with Crippen LogP contribution in [0.25, 0.3) is 0 Å². The van der Waals surface area contributed by atoms with E-state index in [0.717, 1.165) is 24.1 Å². The fraction of sp³-hybridized carbons (Fsp3) is 0.304. The van der Waals surface area contributed by atoms with Gasteiger partial charge in [0.1, 0.15) is 5.69 Å². The maximum atomic E-state index is 13.1. The second-order valence-corrected chi connectivity index (χ2v) is 8.27. The third-order valence-corrected chi connectivity index (χ3v) is 6.14. The van der Waals surface area contributed by atoms with Gasteiger partial charge in [-0.2, -0.15) is 0 Å². The molecule has 2 atom stereocenters. The summed E-state index contributed by atoms with van der Waals surface area (Å²) in [4.78, 5) is 36.4. The zero-order valence-electron chi connectivity index (χ0n) is 16.8. The van der Waals surface area contributed by atoms with Gasteiger partial charge in [0.25, 0.3) is 11.8 Å². The van der Waals surface area contributed by atoms with Gasteiger partial charge in [-0.05, 0) is 43.5 Å². The van der Waals surface area contributed by atoms with E-state index in [1.54, 1.807) is 17.1 Å². The highest BCUT2D eigenvalue weighted by atomic mass is 32.1. The Morgan fingerprint density at radius 3 is 2.73 bits per heavy atom. The summed E-state index contributed by atoms with van der Waals surface area (Å²) in [5.74, 6) is -0.0955. The molecule has 7 heteroatoms. The molecule has 1 saturated heterocycles. The first-order valence-corrected chi connectivity index (χ1v) is 11.0. The Hall–Kier alpha value is -3.06. The molecule has 0 aliphatic carbocycles. The Morgan fingerprint density at radius 2 is 2.00 bits per heavy atom. The highest BCUT2D eigenvalue weighted by molar-refractivity contribution is 7.07. The predicted molar refractivity (Wildman–Crippen MR) is 116 cm³/mol. The van der Waals surface area contributed by atoms with Crippen molar-refractivity contribution in [1.29, 1.82) is 0 Å². The lowest BCUT2D eigenvalue weighted by Gasteiger charge is -2.37. The summed E-state index contributed by atoms with van der Waals surface area (Å²) in [6, 6.07) is 13.0. The molecule has 4 rings (SSSR count). The number of piperidine rings is 1.